The molecular weight excluding hydrogens is 745 g/mol. The minimum absolute atomic E-state index is 0. The minimum atomic E-state index is 0. The summed E-state index contributed by atoms with van der Waals surface area (Å²) in [5.74, 6) is 2.81. The van der Waals surface area contributed by atoms with Crippen LogP contribution in [0.4, 0.5) is 0 Å². The molecule has 0 spiro atoms. The van der Waals surface area contributed by atoms with Crippen molar-refractivity contribution in [2.24, 2.45) is 21.1 Å². The fourth-order valence-electron chi connectivity index (χ4n) is 3.45. The first kappa shape index (κ1) is 36.7. The predicted octanol–water partition coefficient (Wildman–Crippen LogP) is -3.94. The van der Waals surface area contributed by atoms with Crippen LogP contribution in [0.25, 0.3) is 34.4 Å². The van der Waals surface area contributed by atoms with E-state index < -0.39 is 0 Å². The van der Waals surface area contributed by atoms with E-state index in [2.05, 4.69) is 37.1 Å². The van der Waals surface area contributed by atoms with Crippen LogP contribution in [0.2, 0.25) is 0 Å². The zero-order valence-corrected chi connectivity index (χ0v) is 26.8. The van der Waals surface area contributed by atoms with E-state index >= 15 is 0 Å². The third-order valence-corrected chi connectivity index (χ3v) is 5.28. The second kappa shape index (κ2) is 18.9. The average Bonchev–Trinajstić information content (AvgIpc) is 3.67. The molecule has 0 aliphatic heterocycles. The number of rotatable bonds is 3. The van der Waals surface area contributed by atoms with E-state index in [1.807, 2.05) is 114 Å². The number of aryl methyl sites for hydroxylation is 3. The smallest absolute Gasteiger partial charge is 1.00 e. The third kappa shape index (κ3) is 10.00. The van der Waals surface area contributed by atoms with Crippen molar-refractivity contribution in [2.45, 2.75) is 0 Å². The number of nitrogens with zero attached hydrogens (tertiary/aromatic N) is 8. The predicted molar refractivity (Wildman–Crippen MR) is 142 cm³/mol. The summed E-state index contributed by atoms with van der Waals surface area (Å²) in [6.07, 6.45) is 14.6. The Morgan fingerprint density at radius 1 is 0.425 bits per heavy atom. The number of aromatic nitrogens is 8. The maximum atomic E-state index is 4.25. The van der Waals surface area contributed by atoms with E-state index in [0.29, 0.717) is 0 Å². The average molecular weight is 773 g/mol. The van der Waals surface area contributed by atoms with E-state index in [0.717, 1.165) is 34.4 Å². The second-order valence-electron chi connectivity index (χ2n) is 7.88. The molecule has 5 aromatic heterocycles. The first-order chi connectivity index (χ1) is 17.6. The van der Waals surface area contributed by atoms with Gasteiger partial charge in [-0.2, -0.15) is 0 Å². The van der Waals surface area contributed by atoms with Gasteiger partial charge >= 0.3 is 19.8 Å². The Labute approximate surface area is 266 Å². The Morgan fingerprint density at radius 2 is 0.800 bits per heavy atom. The molecule has 6 rings (SSSR count). The summed E-state index contributed by atoms with van der Waals surface area (Å²) in [5.41, 5.74) is 2.97. The molecule has 0 radical (unpaired) electrons. The number of halogens is 3. The largest absolute Gasteiger partial charge is 4.00 e. The van der Waals surface area contributed by atoms with Crippen LogP contribution in [0, 0.1) is 0 Å². The molecule has 6 aromatic rings. The molecule has 8 nitrogen and oxygen atoms in total. The first-order valence-electron chi connectivity index (χ1n) is 11.4. The summed E-state index contributed by atoms with van der Waals surface area (Å²) in [7, 11) is 5.91. The number of benzene rings is 1. The van der Waals surface area contributed by atoms with Crippen molar-refractivity contribution < 1.29 is 57.0 Å². The molecule has 0 N–H and O–H groups in total. The van der Waals surface area contributed by atoms with Crippen LogP contribution in [-0.4, -0.2) is 38.6 Å². The van der Waals surface area contributed by atoms with Crippen LogP contribution in [0.15, 0.2) is 116 Å². The Balaban J connectivity index is 0.000000543. The molecule has 208 valence electrons. The molecule has 0 amide bonds. The van der Waals surface area contributed by atoms with Gasteiger partial charge < -0.3 is 50.9 Å². The molecule has 0 aliphatic carbocycles. The quantitative estimate of drug-likeness (QED) is 0.184. The van der Waals surface area contributed by atoms with Gasteiger partial charge in [-0.1, -0.05) is 42.5 Å². The van der Waals surface area contributed by atoms with Crippen LogP contribution in [0.5, 0.6) is 0 Å². The van der Waals surface area contributed by atoms with Crippen LogP contribution in [-0.2, 0) is 40.9 Å². The SMILES string of the molecule is Cn1ccnc1-c1ccccc1.Cn1ccnc1-c1ccccn1.Cn1ccnc1-c1ccccn1.[Cl-].[Cl-].[Cl-].[Os+4]. The molecule has 0 saturated carbocycles. The normalized spacial score (nSPS) is 9.07. The molecule has 5 heterocycles. The van der Waals surface area contributed by atoms with Gasteiger partial charge in [0.15, 0.2) is 11.6 Å². The van der Waals surface area contributed by atoms with Crippen LogP contribution in [0.3, 0.4) is 0 Å². The van der Waals surface area contributed by atoms with E-state index in [1.54, 1.807) is 24.8 Å². The van der Waals surface area contributed by atoms with Crippen molar-refractivity contribution in [1.82, 2.24) is 38.6 Å². The Hall–Kier alpha value is -3.34. The van der Waals surface area contributed by atoms with Crippen LogP contribution < -0.4 is 37.2 Å². The number of imidazole rings is 3. The zero-order chi connectivity index (χ0) is 25.2. The summed E-state index contributed by atoms with van der Waals surface area (Å²) in [4.78, 5) is 21.0. The van der Waals surface area contributed by atoms with Crippen LogP contribution >= 0.6 is 0 Å². The van der Waals surface area contributed by atoms with E-state index in [9.17, 15) is 0 Å². The van der Waals surface area contributed by atoms with Crippen molar-refractivity contribution in [3.8, 4) is 34.4 Å². The summed E-state index contributed by atoms with van der Waals surface area (Å²) in [6, 6.07) is 21.8. The van der Waals surface area contributed by atoms with Crippen LogP contribution in [0.1, 0.15) is 0 Å². The van der Waals surface area contributed by atoms with Crippen molar-refractivity contribution in [1.29, 1.82) is 0 Å². The number of pyridine rings is 2. The van der Waals surface area contributed by atoms with Crippen molar-refractivity contribution in [3.63, 3.8) is 0 Å². The Morgan fingerprint density at radius 3 is 1.12 bits per heavy atom. The van der Waals surface area contributed by atoms with Gasteiger partial charge in [-0.15, -0.1) is 0 Å². The van der Waals surface area contributed by atoms with Gasteiger partial charge in [-0.05, 0) is 24.3 Å². The van der Waals surface area contributed by atoms with Gasteiger partial charge in [0.05, 0.1) is 0 Å². The summed E-state index contributed by atoms with van der Waals surface area (Å²) in [5, 5.41) is 0. The molecule has 0 atom stereocenters. The Bertz CT molecular complexity index is 1290. The van der Waals surface area contributed by atoms with Gasteiger partial charge in [0, 0.05) is 76.3 Å². The molecule has 0 fully saturated rings. The third-order valence-electron chi connectivity index (χ3n) is 5.28. The topological polar surface area (TPSA) is 79.2 Å². The zero-order valence-electron chi connectivity index (χ0n) is 22.0. The van der Waals surface area contributed by atoms with Gasteiger partial charge in [0.2, 0.25) is 0 Å². The van der Waals surface area contributed by atoms with Crippen molar-refractivity contribution >= 4 is 0 Å². The summed E-state index contributed by atoms with van der Waals surface area (Å²) < 4.78 is 5.90. The maximum absolute atomic E-state index is 4.25. The molecular formula is C28H28Cl3N8Os+. The molecule has 40 heavy (non-hydrogen) atoms. The van der Waals surface area contributed by atoms with Crippen molar-refractivity contribution in [3.05, 3.63) is 116 Å². The van der Waals surface area contributed by atoms with Gasteiger partial charge in [-0.25, -0.2) is 15.0 Å². The minimum Gasteiger partial charge on any atom is -1.00 e. The maximum Gasteiger partial charge on any atom is 4.00 e. The number of hydrogen-bond donors (Lipinski definition) is 0. The fraction of sp³-hybridized carbons (Fsp3) is 0.107. The summed E-state index contributed by atoms with van der Waals surface area (Å²) >= 11 is 0. The first-order valence-corrected chi connectivity index (χ1v) is 11.4. The van der Waals surface area contributed by atoms with Gasteiger partial charge in [0.25, 0.3) is 0 Å². The molecule has 1 aromatic carbocycles. The van der Waals surface area contributed by atoms with Crippen molar-refractivity contribution in [2.75, 3.05) is 0 Å². The molecule has 12 heteroatoms. The van der Waals surface area contributed by atoms with Gasteiger partial charge in [-0.3, -0.25) is 9.97 Å². The summed E-state index contributed by atoms with van der Waals surface area (Å²) in [6.45, 7) is 0. The second-order valence-corrected chi connectivity index (χ2v) is 7.88. The molecule has 0 unspecified atom stereocenters. The monoisotopic (exact) mass is 773 g/mol. The van der Waals surface area contributed by atoms with E-state index in [4.69, 9.17) is 0 Å². The van der Waals surface area contributed by atoms with E-state index in [1.165, 1.54) is 0 Å². The fourth-order valence-corrected chi connectivity index (χ4v) is 3.45. The molecule has 0 bridgehead atoms. The molecule has 0 saturated heterocycles. The molecule has 0 aliphatic rings. The van der Waals surface area contributed by atoms with Gasteiger partial charge in [0.1, 0.15) is 17.2 Å². The Kier molecular flexibility index (Phi) is 17.3. The standard InChI is InChI=1S/C10H10N2.2C9H9N3.3ClH.Os/c1-12-8-7-11-10(12)9-5-3-2-4-6-9;2*1-12-7-6-11-9(12)8-4-2-3-5-10-8;;;;/h2-8H,1H3;2*2-7H,1H3;3*1H;/q;;;;;;+4/p-3. The van der Waals surface area contributed by atoms with E-state index in [-0.39, 0.29) is 57.0 Å². The number of hydrogen-bond acceptors (Lipinski definition) is 5.